The molecule has 0 bridgehead atoms. The first-order valence-corrected chi connectivity index (χ1v) is 7.02. The van der Waals surface area contributed by atoms with Crippen molar-refractivity contribution in [2.24, 2.45) is 0 Å². The maximum absolute atomic E-state index is 10.7. The molecule has 0 amide bonds. The molecule has 0 aromatic heterocycles. The van der Waals surface area contributed by atoms with Gasteiger partial charge in [0.25, 0.3) is 0 Å². The van der Waals surface area contributed by atoms with Gasteiger partial charge in [0.15, 0.2) is 0 Å². The highest BCUT2D eigenvalue weighted by atomic mass is 35.5. The number of halogens is 2. The van der Waals surface area contributed by atoms with E-state index in [-0.39, 0.29) is 0 Å². The van der Waals surface area contributed by atoms with E-state index in [1.54, 1.807) is 12.1 Å². The summed E-state index contributed by atoms with van der Waals surface area (Å²) in [5.41, 5.74) is 0.267. The molecule has 1 N–H and O–H groups in total. The average Bonchev–Trinajstić information content (AvgIpc) is 2.29. The summed E-state index contributed by atoms with van der Waals surface area (Å²) in [5.74, 6) is 0. The minimum absolute atomic E-state index is 0.390. The number of benzene rings is 1. The molecule has 100 valence electrons. The SMILES string of the molecule is CC1CC(O)(Cc2cc(Cl)ccc2Cl)CCN1C. The second-order valence-corrected chi connectivity index (χ2v) is 6.26. The molecule has 1 aliphatic rings. The Hall–Kier alpha value is -0.280. The van der Waals surface area contributed by atoms with E-state index in [2.05, 4.69) is 18.9 Å². The van der Waals surface area contributed by atoms with Gasteiger partial charge in [0, 0.05) is 29.1 Å². The van der Waals surface area contributed by atoms with Crippen LogP contribution in [0.4, 0.5) is 0 Å². The van der Waals surface area contributed by atoms with E-state index in [9.17, 15) is 5.11 Å². The summed E-state index contributed by atoms with van der Waals surface area (Å²) in [6.45, 7) is 3.06. The highest BCUT2D eigenvalue weighted by Crippen LogP contribution is 2.32. The van der Waals surface area contributed by atoms with Gasteiger partial charge in [0.1, 0.15) is 0 Å². The lowest BCUT2D eigenvalue weighted by molar-refractivity contribution is -0.0353. The quantitative estimate of drug-likeness (QED) is 0.901. The Morgan fingerprint density at radius 3 is 2.83 bits per heavy atom. The Labute approximate surface area is 119 Å². The fraction of sp³-hybridized carbons (Fsp3) is 0.571. The van der Waals surface area contributed by atoms with E-state index in [0.29, 0.717) is 22.5 Å². The zero-order valence-electron chi connectivity index (χ0n) is 10.8. The van der Waals surface area contributed by atoms with Gasteiger partial charge >= 0.3 is 0 Å². The Morgan fingerprint density at radius 1 is 1.44 bits per heavy atom. The van der Waals surface area contributed by atoms with Crippen molar-refractivity contribution in [3.8, 4) is 0 Å². The van der Waals surface area contributed by atoms with Crippen molar-refractivity contribution < 1.29 is 5.11 Å². The van der Waals surface area contributed by atoms with Gasteiger partial charge in [0.2, 0.25) is 0 Å². The topological polar surface area (TPSA) is 23.5 Å². The van der Waals surface area contributed by atoms with Crippen molar-refractivity contribution in [1.82, 2.24) is 4.90 Å². The fourth-order valence-electron chi connectivity index (χ4n) is 2.61. The predicted molar refractivity (Wildman–Crippen MR) is 76.4 cm³/mol. The highest BCUT2D eigenvalue weighted by molar-refractivity contribution is 6.33. The van der Waals surface area contributed by atoms with Crippen molar-refractivity contribution in [2.75, 3.05) is 13.6 Å². The molecule has 1 saturated heterocycles. The van der Waals surface area contributed by atoms with Crippen LogP contribution in [0.15, 0.2) is 18.2 Å². The van der Waals surface area contributed by atoms with Gasteiger partial charge in [-0.1, -0.05) is 23.2 Å². The zero-order valence-corrected chi connectivity index (χ0v) is 12.3. The van der Waals surface area contributed by atoms with Crippen molar-refractivity contribution in [3.05, 3.63) is 33.8 Å². The molecule has 2 unspecified atom stereocenters. The second-order valence-electron chi connectivity index (χ2n) is 5.42. The van der Waals surface area contributed by atoms with E-state index in [1.807, 2.05) is 6.07 Å². The summed E-state index contributed by atoms with van der Waals surface area (Å²) < 4.78 is 0. The lowest BCUT2D eigenvalue weighted by Gasteiger charge is -2.41. The van der Waals surface area contributed by atoms with Gasteiger partial charge in [-0.15, -0.1) is 0 Å². The Bertz CT molecular complexity index is 438. The largest absolute Gasteiger partial charge is 0.389 e. The molecule has 1 aromatic carbocycles. The van der Waals surface area contributed by atoms with Gasteiger partial charge in [-0.25, -0.2) is 0 Å². The molecule has 1 heterocycles. The summed E-state index contributed by atoms with van der Waals surface area (Å²) in [6.07, 6.45) is 2.12. The normalized spacial score (nSPS) is 29.5. The average molecular weight is 288 g/mol. The highest BCUT2D eigenvalue weighted by Gasteiger charge is 2.35. The first-order chi connectivity index (χ1) is 8.39. The number of hydrogen-bond acceptors (Lipinski definition) is 2. The molecular formula is C14H19Cl2NO. The number of hydrogen-bond donors (Lipinski definition) is 1. The van der Waals surface area contributed by atoms with E-state index in [0.717, 1.165) is 24.9 Å². The molecule has 0 aliphatic carbocycles. The number of piperidine rings is 1. The van der Waals surface area contributed by atoms with E-state index < -0.39 is 5.60 Å². The summed E-state index contributed by atoms with van der Waals surface area (Å²) in [5, 5.41) is 12.0. The van der Waals surface area contributed by atoms with Crippen molar-refractivity contribution >= 4 is 23.2 Å². The molecule has 0 spiro atoms. The first-order valence-electron chi connectivity index (χ1n) is 6.26. The Balaban J connectivity index is 2.15. The molecule has 2 rings (SSSR count). The van der Waals surface area contributed by atoms with Crippen molar-refractivity contribution in [1.29, 1.82) is 0 Å². The molecule has 1 fully saturated rings. The van der Waals surface area contributed by atoms with Crippen LogP contribution >= 0.6 is 23.2 Å². The fourth-order valence-corrected chi connectivity index (χ4v) is 2.99. The van der Waals surface area contributed by atoms with Crippen molar-refractivity contribution in [2.45, 2.75) is 37.8 Å². The molecule has 1 aromatic rings. The summed E-state index contributed by atoms with van der Waals surface area (Å²) in [6, 6.07) is 5.81. The third kappa shape index (κ3) is 3.18. The molecule has 2 nitrogen and oxygen atoms in total. The van der Waals surface area contributed by atoms with E-state index >= 15 is 0 Å². The van der Waals surface area contributed by atoms with Crippen LogP contribution in [0, 0.1) is 0 Å². The van der Waals surface area contributed by atoms with Crippen LogP contribution in [0.3, 0.4) is 0 Å². The minimum atomic E-state index is -0.666. The van der Waals surface area contributed by atoms with Crippen LogP contribution in [0.2, 0.25) is 10.0 Å². The number of nitrogens with zero attached hydrogens (tertiary/aromatic N) is 1. The standard InChI is InChI=1S/C14H19Cl2NO/c1-10-8-14(18,5-6-17(10)2)9-11-7-12(15)3-4-13(11)16/h3-4,7,10,18H,5-6,8-9H2,1-2H3. The summed E-state index contributed by atoms with van der Waals surface area (Å²) in [7, 11) is 2.09. The Kier molecular flexibility index (Phi) is 4.22. The maximum atomic E-state index is 10.7. The zero-order chi connectivity index (χ0) is 13.3. The van der Waals surface area contributed by atoms with Gasteiger partial charge in [0.05, 0.1) is 5.60 Å². The molecule has 4 heteroatoms. The molecular weight excluding hydrogens is 269 g/mol. The third-order valence-corrected chi connectivity index (χ3v) is 4.49. The lowest BCUT2D eigenvalue weighted by atomic mass is 9.82. The van der Waals surface area contributed by atoms with Crippen LogP contribution in [-0.4, -0.2) is 35.2 Å². The van der Waals surface area contributed by atoms with Gasteiger partial charge in [-0.2, -0.15) is 0 Å². The van der Waals surface area contributed by atoms with Crippen LogP contribution in [0.5, 0.6) is 0 Å². The van der Waals surface area contributed by atoms with Crippen LogP contribution < -0.4 is 0 Å². The van der Waals surface area contributed by atoms with E-state index in [4.69, 9.17) is 23.2 Å². The van der Waals surface area contributed by atoms with Crippen molar-refractivity contribution in [3.63, 3.8) is 0 Å². The number of rotatable bonds is 2. The molecule has 1 aliphatic heterocycles. The molecule has 0 radical (unpaired) electrons. The van der Waals surface area contributed by atoms with Gasteiger partial charge in [-0.3, -0.25) is 0 Å². The van der Waals surface area contributed by atoms with Crippen LogP contribution in [0.25, 0.3) is 0 Å². The molecule has 2 atom stereocenters. The summed E-state index contributed by atoms with van der Waals surface area (Å²) in [4.78, 5) is 2.27. The second kappa shape index (κ2) is 5.38. The monoisotopic (exact) mass is 287 g/mol. The van der Waals surface area contributed by atoms with Gasteiger partial charge in [-0.05, 0) is 50.6 Å². The maximum Gasteiger partial charge on any atom is 0.0715 e. The number of aliphatic hydroxyl groups is 1. The third-order valence-electron chi connectivity index (χ3n) is 3.88. The Morgan fingerprint density at radius 2 is 2.17 bits per heavy atom. The van der Waals surface area contributed by atoms with E-state index in [1.165, 1.54) is 0 Å². The number of likely N-dealkylation sites (tertiary alicyclic amines) is 1. The minimum Gasteiger partial charge on any atom is -0.389 e. The predicted octanol–water partition coefficient (Wildman–Crippen LogP) is 3.38. The molecule has 18 heavy (non-hydrogen) atoms. The smallest absolute Gasteiger partial charge is 0.0715 e. The van der Waals surface area contributed by atoms with Gasteiger partial charge < -0.3 is 10.0 Å². The first kappa shape index (κ1) is 14.1. The lowest BCUT2D eigenvalue weighted by Crippen LogP contribution is -2.48. The van der Waals surface area contributed by atoms with Crippen LogP contribution in [-0.2, 0) is 6.42 Å². The summed E-state index contributed by atoms with van der Waals surface area (Å²) >= 11 is 12.1. The van der Waals surface area contributed by atoms with Crippen LogP contribution in [0.1, 0.15) is 25.3 Å². The molecule has 0 saturated carbocycles.